The lowest BCUT2D eigenvalue weighted by molar-refractivity contribution is -0.121. The topological polar surface area (TPSA) is 20.3 Å². The maximum atomic E-state index is 13.1. The van der Waals surface area contributed by atoms with Crippen molar-refractivity contribution in [3.63, 3.8) is 0 Å². The Balaban J connectivity index is 2.31. The van der Waals surface area contributed by atoms with Crippen LogP contribution in [0.3, 0.4) is 0 Å². The number of benzene rings is 2. The number of carbonyl (C=O) groups is 1. The van der Waals surface area contributed by atoms with Crippen LogP contribution in [0.15, 0.2) is 66.7 Å². The van der Waals surface area contributed by atoms with Gasteiger partial charge in [0.15, 0.2) is 0 Å². The zero-order chi connectivity index (χ0) is 15.0. The molecule has 3 rings (SSSR count). The van der Waals surface area contributed by atoms with Crippen molar-refractivity contribution in [2.24, 2.45) is 0 Å². The molecule has 1 aliphatic rings. The molecule has 2 aromatic carbocycles. The van der Waals surface area contributed by atoms with E-state index >= 15 is 0 Å². The van der Waals surface area contributed by atoms with Gasteiger partial charge in [0.25, 0.3) is 0 Å². The van der Waals surface area contributed by atoms with Gasteiger partial charge in [-0.25, -0.2) is 0 Å². The van der Waals surface area contributed by atoms with Crippen molar-refractivity contribution in [3.8, 4) is 0 Å². The van der Waals surface area contributed by atoms with Gasteiger partial charge in [0.2, 0.25) is 5.91 Å². The Morgan fingerprint density at radius 1 is 1.10 bits per heavy atom. The average molecular weight is 277 g/mol. The summed E-state index contributed by atoms with van der Waals surface area (Å²) in [6.45, 7) is 6.04. The van der Waals surface area contributed by atoms with E-state index in [0.29, 0.717) is 6.42 Å². The van der Waals surface area contributed by atoms with Crippen LogP contribution in [0.4, 0.5) is 5.69 Å². The second-order valence-corrected chi connectivity index (χ2v) is 5.79. The number of para-hydroxylation sites is 1. The fourth-order valence-corrected chi connectivity index (χ4v) is 3.37. The van der Waals surface area contributed by atoms with Gasteiger partial charge in [-0.15, -0.1) is 6.58 Å². The van der Waals surface area contributed by atoms with E-state index < -0.39 is 5.41 Å². The maximum Gasteiger partial charge on any atom is 0.242 e. The molecule has 2 nitrogen and oxygen atoms in total. The first-order chi connectivity index (χ1) is 10.1. The highest BCUT2D eigenvalue weighted by atomic mass is 16.2. The predicted molar refractivity (Wildman–Crippen MR) is 86.5 cm³/mol. The number of rotatable bonds is 3. The Hall–Kier alpha value is -2.35. The van der Waals surface area contributed by atoms with Gasteiger partial charge in [0.1, 0.15) is 5.41 Å². The molecule has 0 aliphatic carbocycles. The van der Waals surface area contributed by atoms with Gasteiger partial charge in [-0.1, -0.05) is 54.1 Å². The van der Waals surface area contributed by atoms with Crippen LogP contribution in [0.25, 0.3) is 0 Å². The highest BCUT2D eigenvalue weighted by Gasteiger charge is 2.50. The van der Waals surface area contributed by atoms with Crippen LogP contribution < -0.4 is 4.90 Å². The minimum Gasteiger partial charge on any atom is -0.314 e. The summed E-state index contributed by atoms with van der Waals surface area (Å²) >= 11 is 0. The van der Waals surface area contributed by atoms with E-state index in [1.54, 1.807) is 4.90 Å². The molecular weight excluding hydrogens is 258 g/mol. The maximum absolute atomic E-state index is 13.1. The molecule has 0 bridgehead atoms. The first kappa shape index (κ1) is 13.6. The zero-order valence-electron chi connectivity index (χ0n) is 12.5. The van der Waals surface area contributed by atoms with E-state index in [2.05, 4.69) is 12.6 Å². The fraction of sp³-hybridized carbons (Fsp3) is 0.211. The molecule has 0 fully saturated rings. The van der Waals surface area contributed by atoms with Gasteiger partial charge in [-0.3, -0.25) is 4.79 Å². The molecule has 1 aliphatic heterocycles. The van der Waals surface area contributed by atoms with Crippen molar-refractivity contribution < 1.29 is 4.79 Å². The number of nitrogens with zero attached hydrogens (tertiary/aromatic N) is 1. The van der Waals surface area contributed by atoms with Crippen LogP contribution in [-0.4, -0.2) is 13.0 Å². The average Bonchev–Trinajstić information content (AvgIpc) is 2.71. The summed E-state index contributed by atoms with van der Waals surface area (Å²) in [6.07, 6.45) is 0.636. The molecule has 21 heavy (non-hydrogen) atoms. The Bertz CT molecular complexity index is 705. The van der Waals surface area contributed by atoms with Crippen molar-refractivity contribution in [1.29, 1.82) is 0 Å². The number of hydrogen-bond acceptors (Lipinski definition) is 1. The summed E-state index contributed by atoms with van der Waals surface area (Å²) in [6, 6.07) is 18.1. The minimum absolute atomic E-state index is 0.123. The summed E-state index contributed by atoms with van der Waals surface area (Å²) in [5.74, 6) is 0.123. The van der Waals surface area contributed by atoms with Crippen LogP contribution in [-0.2, 0) is 10.2 Å². The van der Waals surface area contributed by atoms with Gasteiger partial charge >= 0.3 is 0 Å². The monoisotopic (exact) mass is 277 g/mol. The lowest BCUT2D eigenvalue weighted by atomic mass is 9.71. The molecule has 0 saturated heterocycles. The Morgan fingerprint density at radius 3 is 2.38 bits per heavy atom. The first-order valence-corrected chi connectivity index (χ1v) is 7.15. The molecule has 0 radical (unpaired) electrons. The van der Waals surface area contributed by atoms with E-state index in [4.69, 9.17) is 0 Å². The van der Waals surface area contributed by atoms with E-state index in [1.165, 1.54) is 0 Å². The number of amides is 1. The number of allylic oxidation sites excluding steroid dienone is 1. The van der Waals surface area contributed by atoms with Gasteiger partial charge in [0, 0.05) is 12.7 Å². The largest absolute Gasteiger partial charge is 0.314 e. The summed E-state index contributed by atoms with van der Waals surface area (Å²) in [5.41, 5.74) is 3.48. The number of likely N-dealkylation sites (N-methyl/N-ethyl adjacent to an activating group) is 1. The quantitative estimate of drug-likeness (QED) is 0.779. The van der Waals surface area contributed by atoms with Crippen molar-refractivity contribution >= 4 is 11.6 Å². The van der Waals surface area contributed by atoms with Crippen LogP contribution in [0.2, 0.25) is 0 Å². The Morgan fingerprint density at radius 2 is 1.71 bits per heavy atom. The van der Waals surface area contributed by atoms with Crippen molar-refractivity contribution in [2.75, 3.05) is 11.9 Å². The molecule has 0 saturated carbocycles. The third kappa shape index (κ3) is 1.90. The normalized spacial score (nSPS) is 20.5. The highest BCUT2D eigenvalue weighted by Crippen LogP contribution is 2.48. The second-order valence-electron chi connectivity index (χ2n) is 5.79. The molecule has 1 heterocycles. The summed E-state index contributed by atoms with van der Waals surface area (Å²) in [5, 5.41) is 0. The van der Waals surface area contributed by atoms with Crippen molar-refractivity contribution in [3.05, 3.63) is 77.9 Å². The molecule has 0 aromatic heterocycles. The first-order valence-electron chi connectivity index (χ1n) is 7.15. The lowest BCUT2D eigenvalue weighted by Crippen LogP contribution is -2.39. The fourth-order valence-electron chi connectivity index (χ4n) is 3.37. The zero-order valence-corrected chi connectivity index (χ0v) is 12.5. The van der Waals surface area contributed by atoms with Gasteiger partial charge in [-0.05, 0) is 30.5 Å². The summed E-state index contributed by atoms with van der Waals surface area (Å²) < 4.78 is 0. The third-order valence-electron chi connectivity index (χ3n) is 4.23. The Labute approximate surface area is 125 Å². The van der Waals surface area contributed by atoms with Crippen molar-refractivity contribution in [1.82, 2.24) is 0 Å². The number of hydrogen-bond donors (Lipinski definition) is 0. The third-order valence-corrected chi connectivity index (χ3v) is 4.23. The predicted octanol–water partition coefficient (Wildman–Crippen LogP) is 3.92. The van der Waals surface area contributed by atoms with Gasteiger partial charge in [0.05, 0.1) is 0 Å². The van der Waals surface area contributed by atoms with E-state index in [0.717, 1.165) is 22.4 Å². The van der Waals surface area contributed by atoms with E-state index in [9.17, 15) is 4.79 Å². The SMILES string of the molecule is C=C(C)CC1(c2ccccc2)C(=O)N(C)c2ccccc21. The Kier molecular flexibility index (Phi) is 3.17. The molecule has 106 valence electrons. The number of carbonyl (C=O) groups excluding carboxylic acids is 1. The van der Waals surface area contributed by atoms with Gasteiger partial charge < -0.3 is 4.90 Å². The van der Waals surface area contributed by atoms with E-state index in [-0.39, 0.29) is 5.91 Å². The molecule has 0 N–H and O–H groups in total. The van der Waals surface area contributed by atoms with Crippen LogP contribution in [0, 0.1) is 0 Å². The molecule has 1 amide bonds. The summed E-state index contributed by atoms with van der Waals surface area (Å²) in [7, 11) is 1.85. The van der Waals surface area contributed by atoms with Crippen LogP contribution in [0.1, 0.15) is 24.5 Å². The minimum atomic E-state index is -0.640. The van der Waals surface area contributed by atoms with E-state index in [1.807, 2.05) is 62.5 Å². The summed E-state index contributed by atoms with van der Waals surface area (Å²) in [4.78, 5) is 14.9. The van der Waals surface area contributed by atoms with Crippen molar-refractivity contribution in [2.45, 2.75) is 18.8 Å². The van der Waals surface area contributed by atoms with Crippen LogP contribution in [0.5, 0.6) is 0 Å². The lowest BCUT2D eigenvalue weighted by Gasteiger charge is -2.29. The number of fused-ring (bicyclic) bond motifs is 1. The second kappa shape index (κ2) is 4.88. The number of anilines is 1. The van der Waals surface area contributed by atoms with Gasteiger partial charge in [-0.2, -0.15) is 0 Å². The highest BCUT2D eigenvalue weighted by molar-refractivity contribution is 6.10. The smallest absolute Gasteiger partial charge is 0.242 e. The molecule has 2 aromatic rings. The molecule has 1 unspecified atom stereocenters. The standard InChI is InChI=1S/C19H19NO/c1-14(2)13-19(15-9-5-4-6-10-15)16-11-7-8-12-17(16)20(3)18(19)21/h4-12H,1,13H2,2-3H3. The molecule has 2 heteroatoms. The van der Waals surface area contributed by atoms with Crippen LogP contribution >= 0.6 is 0 Å². The molecular formula is C19H19NO. The molecule has 0 spiro atoms. The molecule has 1 atom stereocenters.